The molecule has 2 nitrogen and oxygen atoms in total. The van der Waals surface area contributed by atoms with Crippen LogP contribution >= 0.6 is 0 Å². The topological polar surface area (TPSA) is 15.3 Å². The van der Waals surface area contributed by atoms with E-state index in [4.69, 9.17) is 0 Å². The summed E-state index contributed by atoms with van der Waals surface area (Å²) in [6.45, 7) is 7.30. The van der Waals surface area contributed by atoms with Gasteiger partial charge in [0.2, 0.25) is 0 Å². The van der Waals surface area contributed by atoms with E-state index in [0.29, 0.717) is 0 Å². The number of unbranched alkanes of at least 4 members (excludes halogenated alkanes) is 2. The van der Waals surface area contributed by atoms with E-state index in [0.717, 1.165) is 5.92 Å². The van der Waals surface area contributed by atoms with Crippen molar-refractivity contribution in [3.63, 3.8) is 0 Å². The monoisotopic (exact) mass is 184 g/mol. The zero-order valence-electron chi connectivity index (χ0n) is 9.18. The van der Waals surface area contributed by atoms with E-state index in [1.165, 1.54) is 51.9 Å². The van der Waals surface area contributed by atoms with Crippen LogP contribution in [0.5, 0.6) is 0 Å². The summed E-state index contributed by atoms with van der Waals surface area (Å²) in [6, 6.07) is 0. The lowest BCUT2D eigenvalue weighted by molar-refractivity contribution is 0.280. The van der Waals surface area contributed by atoms with Crippen molar-refractivity contribution in [3.05, 3.63) is 0 Å². The van der Waals surface area contributed by atoms with Gasteiger partial charge in [-0.1, -0.05) is 19.8 Å². The molecular formula is C11H24N2. The fraction of sp³-hybridized carbons (Fsp3) is 1.00. The van der Waals surface area contributed by atoms with Crippen LogP contribution in [0.1, 0.15) is 32.6 Å². The SMILES string of the molecule is CCCCCN(C)CC1CCNC1. The Morgan fingerprint density at radius 3 is 2.85 bits per heavy atom. The predicted molar refractivity (Wildman–Crippen MR) is 58.0 cm³/mol. The van der Waals surface area contributed by atoms with Gasteiger partial charge in [-0.2, -0.15) is 0 Å². The first kappa shape index (κ1) is 11.0. The number of nitrogens with one attached hydrogen (secondary N) is 1. The normalized spacial score (nSPS) is 22.8. The molecule has 1 aliphatic rings. The van der Waals surface area contributed by atoms with Crippen molar-refractivity contribution in [2.24, 2.45) is 5.92 Å². The molecule has 0 aromatic rings. The Hall–Kier alpha value is -0.0800. The van der Waals surface area contributed by atoms with Crippen LogP contribution in [-0.2, 0) is 0 Å². The molecule has 2 heteroatoms. The molecular weight excluding hydrogens is 160 g/mol. The maximum atomic E-state index is 3.42. The molecule has 1 N–H and O–H groups in total. The minimum Gasteiger partial charge on any atom is -0.316 e. The molecule has 0 saturated carbocycles. The molecule has 1 aliphatic heterocycles. The second kappa shape index (κ2) is 6.39. The summed E-state index contributed by atoms with van der Waals surface area (Å²) in [6.07, 6.45) is 5.46. The van der Waals surface area contributed by atoms with Crippen molar-refractivity contribution in [1.82, 2.24) is 10.2 Å². The Balaban J connectivity index is 1.99. The lowest BCUT2D eigenvalue weighted by Gasteiger charge is -2.19. The highest BCUT2D eigenvalue weighted by atomic mass is 15.1. The summed E-state index contributed by atoms with van der Waals surface area (Å²) < 4.78 is 0. The van der Waals surface area contributed by atoms with Gasteiger partial charge in [0.15, 0.2) is 0 Å². The minimum absolute atomic E-state index is 0.909. The zero-order chi connectivity index (χ0) is 9.52. The first-order valence-electron chi connectivity index (χ1n) is 5.72. The fourth-order valence-electron chi connectivity index (χ4n) is 2.03. The van der Waals surface area contributed by atoms with Crippen LogP contribution in [0.2, 0.25) is 0 Å². The van der Waals surface area contributed by atoms with Crippen molar-refractivity contribution in [1.29, 1.82) is 0 Å². The van der Waals surface area contributed by atoms with E-state index >= 15 is 0 Å². The van der Waals surface area contributed by atoms with Crippen molar-refractivity contribution < 1.29 is 0 Å². The van der Waals surface area contributed by atoms with Crippen LogP contribution in [0.3, 0.4) is 0 Å². The Bertz CT molecular complexity index is 119. The molecule has 1 rings (SSSR count). The summed E-state index contributed by atoms with van der Waals surface area (Å²) in [5.74, 6) is 0.909. The lowest BCUT2D eigenvalue weighted by Crippen LogP contribution is -2.27. The largest absolute Gasteiger partial charge is 0.316 e. The molecule has 13 heavy (non-hydrogen) atoms. The van der Waals surface area contributed by atoms with Crippen LogP contribution in [0.25, 0.3) is 0 Å². The highest BCUT2D eigenvalue weighted by Crippen LogP contribution is 2.09. The van der Waals surface area contributed by atoms with Gasteiger partial charge in [-0.3, -0.25) is 0 Å². The third-order valence-electron chi connectivity index (χ3n) is 2.88. The van der Waals surface area contributed by atoms with Gasteiger partial charge in [0.25, 0.3) is 0 Å². The van der Waals surface area contributed by atoms with E-state index in [1.54, 1.807) is 0 Å². The Morgan fingerprint density at radius 2 is 2.23 bits per heavy atom. The van der Waals surface area contributed by atoms with Gasteiger partial charge in [0.05, 0.1) is 0 Å². The third kappa shape index (κ3) is 4.63. The molecule has 0 spiro atoms. The van der Waals surface area contributed by atoms with Crippen LogP contribution in [0.4, 0.5) is 0 Å². The van der Waals surface area contributed by atoms with Crippen LogP contribution in [0, 0.1) is 5.92 Å². The molecule has 1 fully saturated rings. The van der Waals surface area contributed by atoms with E-state index in [9.17, 15) is 0 Å². The van der Waals surface area contributed by atoms with Gasteiger partial charge in [-0.15, -0.1) is 0 Å². The van der Waals surface area contributed by atoms with Crippen LogP contribution in [-0.4, -0.2) is 38.1 Å². The van der Waals surface area contributed by atoms with Gasteiger partial charge >= 0.3 is 0 Å². The van der Waals surface area contributed by atoms with Crippen molar-refractivity contribution in [2.45, 2.75) is 32.6 Å². The molecule has 1 atom stereocenters. The molecule has 1 saturated heterocycles. The van der Waals surface area contributed by atoms with Crippen LogP contribution < -0.4 is 5.32 Å². The molecule has 0 aliphatic carbocycles. The molecule has 0 bridgehead atoms. The highest BCUT2D eigenvalue weighted by Gasteiger charge is 2.15. The molecule has 0 aromatic heterocycles. The minimum atomic E-state index is 0.909. The van der Waals surface area contributed by atoms with Crippen LogP contribution in [0.15, 0.2) is 0 Å². The Morgan fingerprint density at radius 1 is 1.38 bits per heavy atom. The molecule has 0 amide bonds. The molecule has 1 heterocycles. The predicted octanol–water partition coefficient (Wildman–Crippen LogP) is 1.72. The average molecular weight is 184 g/mol. The first-order chi connectivity index (χ1) is 6.33. The standard InChI is InChI=1S/C11H24N2/c1-3-4-5-8-13(2)10-11-6-7-12-9-11/h11-12H,3-10H2,1-2H3. The highest BCUT2D eigenvalue weighted by molar-refractivity contribution is 4.73. The van der Waals surface area contributed by atoms with Gasteiger partial charge < -0.3 is 10.2 Å². The van der Waals surface area contributed by atoms with E-state index in [-0.39, 0.29) is 0 Å². The Kier molecular flexibility index (Phi) is 5.40. The maximum Gasteiger partial charge on any atom is 0.00192 e. The van der Waals surface area contributed by atoms with E-state index in [2.05, 4.69) is 24.2 Å². The average Bonchev–Trinajstić information content (AvgIpc) is 2.57. The van der Waals surface area contributed by atoms with Crippen molar-refractivity contribution in [2.75, 3.05) is 33.2 Å². The molecule has 78 valence electrons. The Labute approximate surface area is 82.7 Å². The van der Waals surface area contributed by atoms with Gasteiger partial charge in [0, 0.05) is 6.54 Å². The third-order valence-corrected chi connectivity index (χ3v) is 2.88. The van der Waals surface area contributed by atoms with Gasteiger partial charge in [0.1, 0.15) is 0 Å². The quantitative estimate of drug-likeness (QED) is 0.632. The van der Waals surface area contributed by atoms with Gasteiger partial charge in [-0.25, -0.2) is 0 Å². The first-order valence-corrected chi connectivity index (χ1v) is 5.72. The fourth-order valence-corrected chi connectivity index (χ4v) is 2.03. The second-order valence-electron chi connectivity index (χ2n) is 4.33. The number of rotatable bonds is 6. The summed E-state index contributed by atoms with van der Waals surface area (Å²) in [5.41, 5.74) is 0. The molecule has 0 radical (unpaired) electrons. The maximum absolute atomic E-state index is 3.42. The second-order valence-corrected chi connectivity index (χ2v) is 4.33. The lowest BCUT2D eigenvalue weighted by atomic mass is 10.1. The van der Waals surface area contributed by atoms with Crippen molar-refractivity contribution >= 4 is 0 Å². The smallest absolute Gasteiger partial charge is 0.00192 e. The summed E-state index contributed by atoms with van der Waals surface area (Å²) in [4.78, 5) is 2.49. The summed E-state index contributed by atoms with van der Waals surface area (Å²) >= 11 is 0. The summed E-state index contributed by atoms with van der Waals surface area (Å²) in [7, 11) is 2.26. The van der Waals surface area contributed by atoms with E-state index < -0.39 is 0 Å². The molecule has 0 aromatic carbocycles. The summed E-state index contributed by atoms with van der Waals surface area (Å²) in [5, 5.41) is 3.42. The van der Waals surface area contributed by atoms with Crippen molar-refractivity contribution in [3.8, 4) is 0 Å². The van der Waals surface area contributed by atoms with E-state index in [1.807, 2.05) is 0 Å². The number of hydrogen-bond donors (Lipinski definition) is 1. The molecule has 1 unspecified atom stereocenters. The zero-order valence-corrected chi connectivity index (χ0v) is 9.18. The number of nitrogens with zero attached hydrogens (tertiary/aromatic N) is 1. The van der Waals surface area contributed by atoms with Gasteiger partial charge in [-0.05, 0) is 45.4 Å². The number of hydrogen-bond acceptors (Lipinski definition) is 2.